The number of allylic oxidation sites excluding steroid dienone is 6. The van der Waals surface area contributed by atoms with Gasteiger partial charge in [-0.15, -0.1) is 0 Å². The van der Waals surface area contributed by atoms with Gasteiger partial charge in [-0.1, -0.05) is 44.7 Å². The van der Waals surface area contributed by atoms with Gasteiger partial charge in [0.25, 0.3) is 0 Å². The van der Waals surface area contributed by atoms with Crippen molar-refractivity contribution < 1.29 is 4.74 Å². The number of ether oxygens (including phenoxy) is 1. The van der Waals surface area contributed by atoms with Gasteiger partial charge in [0, 0.05) is 6.42 Å². The first-order chi connectivity index (χ1) is 7.15. The lowest BCUT2D eigenvalue weighted by Crippen LogP contribution is -1.94. The Morgan fingerprint density at radius 3 is 2.40 bits per heavy atom. The van der Waals surface area contributed by atoms with Gasteiger partial charge >= 0.3 is 0 Å². The van der Waals surface area contributed by atoms with Gasteiger partial charge in [-0.2, -0.15) is 0 Å². The Morgan fingerprint density at radius 1 is 1.33 bits per heavy atom. The van der Waals surface area contributed by atoms with Crippen LogP contribution in [-0.2, 0) is 4.74 Å². The minimum atomic E-state index is 0.775. The SMILES string of the molecule is C=C/C=C(\C=C(/CC)OCCC)C(=C)C. The fourth-order valence-corrected chi connectivity index (χ4v) is 1.09. The molecule has 0 saturated heterocycles. The van der Waals surface area contributed by atoms with Crippen LogP contribution < -0.4 is 0 Å². The first-order valence-corrected chi connectivity index (χ1v) is 5.47. The van der Waals surface area contributed by atoms with E-state index in [-0.39, 0.29) is 0 Å². The summed E-state index contributed by atoms with van der Waals surface area (Å²) in [5.41, 5.74) is 2.11. The second-order valence-corrected chi connectivity index (χ2v) is 3.45. The van der Waals surface area contributed by atoms with Crippen molar-refractivity contribution in [1.29, 1.82) is 0 Å². The molecule has 0 amide bonds. The highest BCUT2D eigenvalue weighted by Crippen LogP contribution is 2.14. The summed E-state index contributed by atoms with van der Waals surface area (Å²) in [7, 11) is 0. The molecule has 0 N–H and O–H groups in total. The summed E-state index contributed by atoms with van der Waals surface area (Å²) in [6, 6.07) is 0. The topological polar surface area (TPSA) is 9.23 Å². The molecule has 0 aromatic carbocycles. The van der Waals surface area contributed by atoms with Crippen molar-refractivity contribution in [1.82, 2.24) is 0 Å². The second-order valence-electron chi connectivity index (χ2n) is 3.45. The second kappa shape index (κ2) is 8.10. The van der Waals surface area contributed by atoms with Crippen LogP contribution in [0.25, 0.3) is 0 Å². The van der Waals surface area contributed by atoms with Gasteiger partial charge in [-0.3, -0.25) is 0 Å². The van der Waals surface area contributed by atoms with Crippen molar-refractivity contribution in [3.8, 4) is 0 Å². The largest absolute Gasteiger partial charge is 0.498 e. The maximum atomic E-state index is 5.61. The van der Waals surface area contributed by atoms with E-state index in [1.165, 1.54) is 0 Å². The summed E-state index contributed by atoms with van der Waals surface area (Å²) in [4.78, 5) is 0. The van der Waals surface area contributed by atoms with E-state index in [1.54, 1.807) is 6.08 Å². The van der Waals surface area contributed by atoms with Crippen LogP contribution >= 0.6 is 0 Å². The van der Waals surface area contributed by atoms with Crippen LogP contribution in [0.2, 0.25) is 0 Å². The zero-order valence-electron chi connectivity index (χ0n) is 10.2. The molecular formula is C14H22O. The fraction of sp³-hybridized carbons (Fsp3) is 0.429. The molecule has 0 rings (SSSR count). The molecule has 1 nitrogen and oxygen atoms in total. The Bertz CT molecular complexity index is 269. The third-order valence-corrected chi connectivity index (χ3v) is 1.95. The number of hydrogen-bond donors (Lipinski definition) is 0. The van der Waals surface area contributed by atoms with Crippen LogP contribution in [0.3, 0.4) is 0 Å². The Morgan fingerprint density at radius 2 is 2.00 bits per heavy atom. The van der Waals surface area contributed by atoms with Gasteiger partial charge in [0.15, 0.2) is 0 Å². The van der Waals surface area contributed by atoms with Crippen molar-refractivity contribution in [2.24, 2.45) is 0 Å². The summed E-state index contributed by atoms with van der Waals surface area (Å²) in [5, 5.41) is 0. The zero-order valence-corrected chi connectivity index (χ0v) is 10.2. The summed E-state index contributed by atoms with van der Waals surface area (Å²) in [6.45, 7) is 14.6. The van der Waals surface area contributed by atoms with Crippen LogP contribution in [0.15, 0.2) is 48.3 Å². The van der Waals surface area contributed by atoms with E-state index in [0.717, 1.165) is 36.4 Å². The Labute approximate surface area is 93.8 Å². The highest BCUT2D eigenvalue weighted by Gasteiger charge is 1.98. The van der Waals surface area contributed by atoms with Crippen LogP contribution in [0, 0.1) is 0 Å². The Kier molecular flexibility index (Phi) is 7.43. The van der Waals surface area contributed by atoms with E-state index in [2.05, 4.69) is 27.0 Å². The predicted octanol–water partition coefficient (Wildman–Crippen LogP) is 4.40. The normalized spacial score (nSPS) is 12.5. The standard InChI is InChI=1S/C14H22O/c1-6-9-13(12(4)5)11-14(8-3)15-10-7-2/h6,9,11H,1,4,7-8,10H2,2-3,5H3/b13-9+,14-11+. The molecule has 0 aromatic rings. The van der Waals surface area contributed by atoms with Gasteiger partial charge in [0.2, 0.25) is 0 Å². The zero-order chi connectivity index (χ0) is 11.7. The van der Waals surface area contributed by atoms with Crippen LogP contribution in [-0.4, -0.2) is 6.61 Å². The molecule has 0 unspecified atom stereocenters. The fourth-order valence-electron chi connectivity index (χ4n) is 1.09. The molecule has 0 bridgehead atoms. The minimum absolute atomic E-state index is 0.775. The molecule has 0 aliphatic rings. The third kappa shape index (κ3) is 5.95. The first kappa shape index (κ1) is 13.8. The lowest BCUT2D eigenvalue weighted by atomic mass is 10.1. The highest BCUT2D eigenvalue weighted by atomic mass is 16.5. The predicted molar refractivity (Wildman–Crippen MR) is 67.7 cm³/mol. The highest BCUT2D eigenvalue weighted by molar-refractivity contribution is 5.39. The summed E-state index contributed by atoms with van der Waals surface area (Å²) < 4.78 is 5.61. The monoisotopic (exact) mass is 206 g/mol. The Balaban J connectivity index is 4.68. The van der Waals surface area contributed by atoms with Crippen LogP contribution in [0.4, 0.5) is 0 Å². The first-order valence-electron chi connectivity index (χ1n) is 5.47. The third-order valence-electron chi connectivity index (χ3n) is 1.95. The Hall–Kier alpha value is -1.24. The molecule has 0 heterocycles. The lowest BCUT2D eigenvalue weighted by molar-refractivity contribution is 0.205. The summed E-state index contributed by atoms with van der Waals surface area (Å²) in [5.74, 6) is 1.01. The maximum absolute atomic E-state index is 5.61. The lowest BCUT2D eigenvalue weighted by Gasteiger charge is -2.09. The molecule has 0 aliphatic heterocycles. The number of rotatable bonds is 7. The van der Waals surface area contributed by atoms with Crippen LogP contribution in [0.5, 0.6) is 0 Å². The summed E-state index contributed by atoms with van der Waals surface area (Å²) in [6.07, 6.45) is 7.70. The van der Waals surface area contributed by atoms with E-state index >= 15 is 0 Å². The van der Waals surface area contributed by atoms with Crippen molar-refractivity contribution >= 4 is 0 Å². The molecule has 1 heteroatoms. The molecule has 0 atom stereocenters. The summed E-state index contributed by atoms with van der Waals surface area (Å²) >= 11 is 0. The van der Waals surface area contributed by atoms with E-state index in [0.29, 0.717) is 0 Å². The molecule has 15 heavy (non-hydrogen) atoms. The van der Waals surface area contributed by atoms with Gasteiger partial charge in [-0.05, 0) is 25.0 Å². The van der Waals surface area contributed by atoms with E-state index in [1.807, 2.05) is 19.1 Å². The smallest absolute Gasteiger partial charge is 0.0963 e. The van der Waals surface area contributed by atoms with Crippen molar-refractivity contribution in [3.05, 3.63) is 48.3 Å². The minimum Gasteiger partial charge on any atom is -0.498 e. The van der Waals surface area contributed by atoms with Gasteiger partial charge in [0.05, 0.1) is 12.4 Å². The molecule has 84 valence electrons. The van der Waals surface area contributed by atoms with E-state index in [9.17, 15) is 0 Å². The quantitative estimate of drug-likeness (QED) is 0.443. The average molecular weight is 206 g/mol. The molecule has 0 fully saturated rings. The maximum Gasteiger partial charge on any atom is 0.0963 e. The number of hydrogen-bond acceptors (Lipinski definition) is 1. The van der Waals surface area contributed by atoms with E-state index in [4.69, 9.17) is 4.74 Å². The molecule has 0 aromatic heterocycles. The molecule has 0 saturated carbocycles. The van der Waals surface area contributed by atoms with Gasteiger partial charge in [-0.25, -0.2) is 0 Å². The molecule has 0 spiro atoms. The van der Waals surface area contributed by atoms with Crippen molar-refractivity contribution in [3.63, 3.8) is 0 Å². The van der Waals surface area contributed by atoms with Gasteiger partial charge < -0.3 is 4.74 Å². The average Bonchev–Trinajstić information content (AvgIpc) is 2.22. The van der Waals surface area contributed by atoms with Crippen LogP contribution in [0.1, 0.15) is 33.6 Å². The van der Waals surface area contributed by atoms with Crippen molar-refractivity contribution in [2.45, 2.75) is 33.6 Å². The van der Waals surface area contributed by atoms with E-state index < -0.39 is 0 Å². The molecule has 0 radical (unpaired) electrons. The van der Waals surface area contributed by atoms with Crippen molar-refractivity contribution in [2.75, 3.05) is 6.61 Å². The molecule has 0 aliphatic carbocycles. The molecular weight excluding hydrogens is 184 g/mol. The van der Waals surface area contributed by atoms with Gasteiger partial charge in [0.1, 0.15) is 0 Å².